The highest BCUT2D eigenvalue weighted by Gasteiger charge is 2.18. The molecule has 1 heterocycles. The fourth-order valence-electron chi connectivity index (χ4n) is 3.44. The van der Waals surface area contributed by atoms with Crippen LogP contribution in [0.5, 0.6) is 5.75 Å². The first-order valence-corrected chi connectivity index (χ1v) is 11.2. The summed E-state index contributed by atoms with van der Waals surface area (Å²) < 4.78 is 12.5. The van der Waals surface area contributed by atoms with E-state index in [0.29, 0.717) is 18.4 Å². The van der Waals surface area contributed by atoms with Gasteiger partial charge in [-0.1, -0.05) is 46.3 Å². The van der Waals surface area contributed by atoms with Crippen LogP contribution in [0.4, 0.5) is 0 Å². The number of hydrogen-bond donors (Lipinski definition) is 1. The van der Waals surface area contributed by atoms with Gasteiger partial charge in [0.05, 0.1) is 6.42 Å². The SMILES string of the molecule is CC(C)(C)OC(=O)Cc1ccccc1OCc1cc(Br)cc(/C=C/C2CCCN2)c1. The summed E-state index contributed by atoms with van der Waals surface area (Å²) in [5, 5.41) is 3.48. The lowest BCUT2D eigenvalue weighted by atomic mass is 10.1. The molecule has 1 aliphatic heterocycles. The van der Waals surface area contributed by atoms with Gasteiger partial charge in [0.25, 0.3) is 0 Å². The lowest BCUT2D eigenvalue weighted by Crippen LogP contribution is -2.25. The lowest BCUT2D eigenvalue weighted by molar-refractivity contribution is -0.153. The molecule has 1 saturated heterocycles. The van der Waals surface area contributed by atoms with E-state index < -0.39 is 5.60 Å². The van der Waals surface area contributed by atoms with Crippen molar-refractivity contribution in [2.75, 3.05) is 6.54 Å². The molecule has 1 unspecified atom stereocenters. The number of para-hydroxylation sites is 1. The van der Waals surface area contributed by atoms with E-state index in [4.69, 9.17) is 9.47 Å². The number of nitrogens with one attached hydrogen (secondary N) is 1. The quantitative estimate of drug-likeness (QED) is 0.527. The van der Waals surface area contributed by atoms with E-state index in [1.807, 2.05) is 45.0 Å². The Morgan fingerprint density at radius 2 is 2.03 bits per heavy atom. The Morgan fingerprint density at radius 1 is 1.23 bits per heavy atom. The van der Waals surface area contributed by atoms with Gasteiger partial charge in [-0.25, -0.2) is 0 Å². The molecule has 2 aromatic rings. The summed E-state index contributed by atoms with van der Waals surface area (Å²) in [4.78, 5) is 12.2. The van der Waals surface area contributed by atoms with E-state index in [-0.39, 0.29) is 12.4 Å². The number of carbonyl (C=O) groups is 1. The number of hydrogen-bond acceptors (Lipinski definition) is 4. The van der Waals surface area contributed by atoms with Crippen LogP contribution in [0.3, 0.4) is 0 Å². The van der Waals surface area contributed by atoms with Crippen LogP contribution in [0, 0.1) is 0 Å². The molecule has 30 heavy (non-hydrogen) atoms. The minimum atomic E-state index is -0.499. The minimum Gasteiger partial charge on any atom is -0.489 e. The maximum Gasteiger partial charge on any atom is 0.310 e. The van der Waals surface area contributed by atoms with Gasteiger partial charge in [0.15, 0.2) is 0 Å². The predicted molar refractivity (Wildman–Crippen MR) is 125 cm³/mol. The highest BCUT2D eigenvalue weighted by atomic mass is 79.9. The molecular weight excluding hydrogens is 442 g/mol. The summed E-state index contributed by atoms with van der Waals surface area (Å²) in [5.41, 5.74) is 2.53. The molecule has 160 valence electrons. The second-order valence-corrected chi connectivity index (χ2v) is 9.53. The zero-order chi connectivity index (χ0) is 21.6. The third-order valence-corrected chi connectivity index (χ3v) is 5.18. The van der Waals surface area contributed by atoms with Gasteiger partial charge in [-0.15, -0.1) is 0 Å². The van der Waals surface area contributed by atoms with E-state index in [1.54, 1.807) is 0 Å². The van der Waals surface area contributed by atoms with Crippen molar-refractivity contribution in [2.45, 2.75) is 58.3 Å². The molecule has 3 rings (SSSR count). The highest BCUT2D eigenvalue weighted by Crippen LogP contribution is 2.23. The molecular formula is C25H30BrNO3. The van der Waals surface area contributed by atoms with E-state index >= 15 is 0 Å². The van der Waals surface area contributed by atoms with E-state index in [0.717, 1.165) is 27.7 Å². The first-order chi connectivity index (χ1) is 14.3. The predicted octanol–water partition coefficient (Wildman–Crippen LogP) is 5.68. The Kier molecular flexibility index (Phi) is 7.73. The molecule has 1 aliphatic rings. The standard InChI is InChI=1S/C25H30BrNO3/c1-25(2,3)30-24(28)16-20-7-4-5-9-23(20)29-17-19-13-18(14-21(26)15-19)10-11-22-8-6-12-27-22/h4-5,7,9-11,13-15,22,27H,6,8,12,16-17H2,1-3H3/b11-10+. The maximum absolute atomic E-state index is 12.2. The summed E-state index contributed by atoms with van der Waals surface area (Å²) in [5.74, 6) is 0.449. The van der Waals surface area contributed by atoms with Crippen molar-refractivity contribution in [3.05, 3.63) is 69.7 Å². The van der Waals surface area contributed by atoms with Crippen LogP contribution < -0.4 is 10.1 Å². The molecule has 0 saturated carbocycles. The fourth-order valence-corrected chi connectivity index (χ4v) is 4.00. The average Bonchev–Trinajstić information content (AvgIpc) is 3.17. The van der Waals surface area contributed by atoms with Crippen LogP contribution in [0.1, 0.15) is 50.3 Å². The first kappa shape index (κ1) is 22.6. The molecule has 0 spiro atoms. The van der Waals surface area contributed by atoms with Crippen LogP contribution in [0.25, 0.3) is 6.08 Å². The smallest absolute Gasteiger partial charge is 0.310 e. The van der Waals surface area contributed by atoms with Crippen molar-refractivity contribution in [2.24, 2.45) is 0 Å². The van der Waals surface area contributed by atoms with Crippen molar-refractivity contribution >= 4 is 28.0 Å². The van der Waals surface area contributed by atoms with Crippen LogP contribution in [-0.4, -0.2) is 24.2 Å². The van der Waals surface area contributed by atoms with Crippen LogP contribution in [-0.2, 0) is 22.6 Å². The van der Waals surface area contributed by atoms with Gasteiger partial charge in [-0.3, -0.25) is 4.79 Å². The Bertz CT molecular complexity index is 896. The fraction of sp³-hybridized carbons (Fsp3) is 0.400. The minimum absolute atomic E-state index is 0.189. The molecule has 1 N–H and O–H groups in total. The van der Waals surface area contributed by atoms with Gasteiger partial charge in [0.2, 0.25) is 0 Å². The summed E-state index contributed by atoms with van der Waals surface area (Å²) >= 11 is 3.60. The molecule has 4 nitrogen and oxygen atoms in total. The van der Waals surface area contributed by atoms with Gasteiger partial charge in [0, 0.05) is 16.1 Å². The lowest BCUT2D eigenvalue weighted by Gasteiger charge is -2.20. The van der Waals surface area contributed by atoms with Crippen molar-refractivity contribution in [1.82, 2.24) is 5.32 Å². The topological polar surface area (TPSA) is 47.6 Å². The summed E-state index contributed by atoms with van der Waals surface area (Å²) in [6, 6.07) is 14.4. The number of carbonyl (C=O) groups excluding carboxylic acids is 1. The van der Waals surface area contributed by atoms with Gasteiger partial charge in [-0.2, -0.15) is 0 Å². The van der Waals surface area contributed by atoms with Crippen molar-refractivity contribution in [1.29, 1.82) is 0 Å². The zero-order valence-electron chi connectivity index (χ0n) is 17.9. The summed E-state index contributed by atoms with van der Waals surface area (Å²) in [7, 11) is 0. The molecule has 0 amide bonds. The van der Waals surface area contributed by atoms with Crippen LogP contribution >= 0.6 is 15.9 Å². The van der Waals surface area contributed by atoms with Crippen molar-refractivity contribution in [3.8, 4) is 5.75 Å². The van der Waals surface area contributed by atoms with Gasteiger partial charge in [0.1, 0.15) is 18.0 Å². The highest BCUT2D eigenvalue weighted by molar-refractivity contribution is 9.10. The monoisotopic (exact) mass is 471 g/mol. The molecule has 0 aliphatic carbocycles. The normalized spacial score (nSPS) is 16.7. The van der Waals surface area contributed by atoms with Crippen molar-refractivity contribution in [3.63, 3.8) is 0 Å². The molecule has 2 aromatic carbocycles. The summed E-state index contributed by atoms with van der Waals surface area (Å²) in [6.07, 6.45) is 7.00. The Labute approximate surface area is 187 Å². The zero-order valence-corrected chi connectivity index (χ0v) is 19.5. The number of esters is 1. The second-order valence-electron chi connectivity index (χ2n) is 8.61. The largest absolute Gasteiger partial charge is 0.489 e. The molecule has 0 aromatic heterocycles. The van der Waals surface area contributed by atoms with E-state index in [9.17, 15) is 4.79 Å². The number of halogens is 1. The van der Waals surface area contributed by atoms with E-state index in [2.05, 4.69) is 51.6 Å². The van der Waals surface area contributed by atoms with Gasteiger partial charge < -0.3 is 14.8 Å². The van der Waals surface area contributed by atoms with Gasteiger partial charge in [-0.05, 0) is 75.5 Å². The molecule has 0 bridgehead atoms. The van der Waals surface area contributed by atoms with Crippen molar-refractivity contribution < 1.29 is 14.3 Å². The summed E-state index contributed by atoms with van der Waals surface area (Å²) in [6.45, 7) is 7.13. The van der Waals surface area contributed by atoms with Crippen LogP contribution in [0.15, 0.2) is 53.0 Å². The molecule has 0 radical (unpaired) electrons. The van der Waals surface area contributed by atoms with Crippen LogP contribution in [0.2, 0.25) is 0 Å². The van der Waals surface area contributed by atoms with E-state index in [1.165, 1.54) is 12.8 Å². The third kappa shape index (κ3) is 7.29. The average molecular weight is 472 g/mol. The Morgan fingerprint density at radius 3 is 2.77 bits per heavy atom. The Hall–Kier alpha value is -2.11. The first-order valence-electron chi connectivity index (χ1n) is 10.4. The maximum atomic E-state index is 12.2. The molecule has 5 heteroatoms. The Balaban J connectivity index is 1.66. The third-order valence-electron chi connectivity index (χ3n) is 4.72. The number of benzene rings is 2. The molecule has 1 fully saturated rings. The van der Waals surface area contributed by atoms with Gasteiger partial charge >= 0.3 is 5.97 Å². The second kappa shape index (κ2) is 10.3. The molecule has 1 atom stereocenters. The number of rotatable bonds is 7. The number of ether oxygens (including phenoxy) is 2.